The minimum atomic E-state index is -0.526. The topological polar surface area (TPSA) is 64.6 Å². The van der Waals surface area contributed by atoms with Gasteiger partial charge in [0.25, 0.3) is 0 Å². The van der Waals surface area contributed by atoms with Gasteiger partial charge in [0, 0.05) is 13.5 Å². The number of rotatable bonds is 6. The maximum absolute atomic E-state index is 11.4. The summed E-state index contributed by atoms with van der Waals surface area (Å²) >= 11 is 0. The maximum Gasteiger partial charge on any atom is 0.492 e. The van der Waals surface area contributed by atoms with E-state index in [4.69, 9.17) is 9.31 Å². The average Bonchev–Trinajstić information content (AvgIpc) is 2.78. The SMILES string of the molecule is CC(=O)NCC(=Cc1ccc(/C=C/C=O)cc1)B1OC(C)(C)C(C)(C)O1. The molecule has 0 bridgehead atoms. The molecule has 138 valence electrons. The molecule has 1 aliphatic rings. The van der Waals surface area contributed by atoms with Crippen molar-refractivity contribution in [2.24, 2.45) is 0 Å². The van der Waals surface area contributed by atoms with E-state index in [-0.39, 0.29) is 5.91 Å². The highest BCUT2D eigenvalue weighted by atomic mass is 16.7. The number of carbonyl (C=O) groups excluding carboxylic acids is 2. The number of benzene rings is 1. The van der Waals surface area contributed by atoms with Crippen LogP contribution in [-0.4, -0.2) is 37.1 Å². The Labute approximate surface area is 155 Å². The second-order valence-electron chi connectivity index (χ2n) is 7.38. The smallest absolute Gasteiger partial charge is 0.400 e. The van der Waals surface area contributed by atoms with Crippen molar-refractivity contribution in [3.8, 4) is 0 Å². The number of nitrogens with one attached hydrogen (secondary N) is 1. The molecule has 0 aromatic heterocycles. The molecule has 0 atom stereocenters. The summed E-state index contributed by atoms with van der Waals surface area (Å²) in [5, 5.41) is 2.82. The van der Waals surface area contributed by atoms with Crippen molar-refractivity contribution < 1.29 is 18.9 Å². The van der Waals surface area contributed by atoms with E-state index in [1.54, 1.807) is 6.08 Å². The lowest BCUT2D eigenvalue weighted by Crippen LogP contribution is -2.41. The Morgan fingerprint density at radius 1 is 1.08 bits per heavy atom. The van der Waals surface area contributed by atoms with Crippen LogP contribution in [0.2, 0.25) is 0 Å². The molecule has 1 fully saturated rings. The summed E-state index contributed by atoms with van der Waals surface area (Å²) in [6.45, 7) is 9.82. The third-order valence-corrected chi connectivity index (χ3v) is 4.75. The minimum Gasteiger partial charge on any atom is -0.400 e. The fourth-order valence-electron chi connectivity index (χ4n) is 2.49. The van der Waals surface area contributed by atoms with E-state index in [0.29, 0.717) is 6.54 Å². The van der Waals surface area contributed by atoms with Crippen molar-refractivity contribution in [1.29, 1.82) is 0 Å². The lowest BCUT2D eigenvalue weighted by molar-refractivity contribution is -0.118. The molecule has 2 rings (SSSR count). The molecule has 1 aromatic carbocycles. The maximum atomic E-state index is 11.4. The van der Waals surface area contributed by atoms with Crippen LogP contribution in [0.1, 0.15) is 45.7 Å². The highest BCUT2D eigenvalue weighted by Crippen LogP contribution is 2.38. The van der Waals surface area contributed by atoms with Gasteiger partial charge in [-0.05, 0) is 50.4 Å². The molecule has 1 aliphatic heterocycles. The fourth-order valence-corrected chi connectivity index (χ4v) is 2.49. The highest BCUT2D eigenvalue weighted by Gasteiger charge is 2.52. The van der Waals surface area contributed by atoms with E-state index >= 15 is 0 Å². The van der Waals surface area contributed by atoms with Crippen LogP contribution < -0.4 is 5.32 Å². The van der Waals surface area contributed by atoms with Crippen molar-refractivity contribution in [2.75, 3.05) is 6.54 Å². The third-order valence-electron chi connectivity index (χ3n) is 4.75. The van der Waals surface area contributed by atoms with Gasteiger partial charge in [0.2, 0.25) is 5.91 Å². The summed E-state index contributed by atoms with van der Waals surface area (Å²) < 4.78 is 12.2. The number of aldehydes is 1. The van der Waals surface area contributed by atoms with E-state index in [0.717, 1.165) is 22.9 Å². The zero-order valence-corrected chi connectivity index (χ0v) is 16.0. The van der Waals surface area contributed by atoms with Gasteiger partial charge < -0.3 is 14.6 Å². The van der Waals surface area contributed by atoms with Gasteiger partial charge >= 0.3 is 7.12 Å². The third kappa shape index (κ3) is 4.93. The van der Waals surface area contributed by atoms with Crippen LogP contribution in [-0.2, 0) is 18.9 Å². The number of amides is 1. The van der Waals surface area contributed by atoms with Gasteiger partial charge in [0.15, 0.2) is 0 Å². The van der Waals surface area contributed by atoms with Crippen LogP contribution in [0.4, 0.5) is 0 Å². The zero-order valence-electron chi connectivity index (χ0n) is 16.0. The molecule has 26 heavy (non-hydrogen) atoms. The number of carbonyl (C=O) groups is 2. The first-order valence-electron chi connectivity index (χ1n) is 8.67. The number of hydrogen-bond donors (Lipinski definition) is 1. The largest absolute Gasteiger partial charge is 0.492 e. The van der Waals surface area contributed by atoms with Crippen molar-refractivity contribution in [1.82, 2.24) is 5.32 Å². The van der Waals surface area contributed by atoms with Gasteiger partial charge in [-0.2, -0.15) is 0 Å². The predicted octanol–water partition coefficient (Wildman–Crippen LogP) is 3.05. The lowest BCUT2D eigenvalue weighted by Gasteiger charge is -2.32. The molecule has 0 aliphatic carbocycles. The Bertz CT molecular complexity index is 704. The first kappa shape index (κ1) is 20.1. The summed E-state index contributed by atoms with van der Waals surface area (Å²) in [5.41, 5.74) is 1.85. The Morgan fingerprint density at radius 2 is 1.62 bits per heavy atom. The minimum absolute atomic E-state index is 0.109. The summed E-state index contributed by atoms with van der Waals surface area (Å²) in [6.07, 6.45) is 5.91. The van der Waals surface area contributed by atoms with Gasteiger partial charge in [0.05, 0.1) is 11.2 Å². The van der Waals surface area contributed by atoms with Crippen LogP contribution in [0.25, 0.3) is 12.2 Å². The van der Waals surface area contributed by atoms with Gasteiger partial charge in [-0.15, -0.1) is 0 Å². The van der Waals surface area contributed by atoms with Gasteiger partial charge in [-0.25, -0.2) is 0 Å². The van der Waals surface area contributed by atoms with Crippen molar-refractivity contribution in [3.63, 3.8) is 0 Å². The molecule has 1 heterocycles. The Kier molecular flexibility index (Phi) is 6.21. The zero-order chi connectivity index (χ0) is 19.4. The van der Waals surface area contributed by atoms with Crippen LogP contribution in [0.15, 0.2) is 35.8 Å². The van der Waals surface area contributed by atoms with Gasteiger partial charge in [-0.1, -0.05) is 36.4 Å². The van der Waals surface area contributed by atoms with Crippen molar-refractivity contribution >= 4 is 31.5 Å². The molecule has 5 nitrogen and oxygen atoms in total. The van der Waals surface area contributed by atoms with E-state index in [2.05, 4.69) is 5.32 Å². The molecular formula is C20H26BNO4. The van der Waals surface area contributed by atoms with Gasteiger partial charge in [-0.3, -0.25) is 9.59 Å². The number of allylic oxidation sites excluding steroid dienone is 1. The molecule has 1 amide bonds. The van der Waals surface area contributed by atoms with E-state index < -0.39 is 18.3 Å². The van der Waals surface area contributed by atoms with Crippen LogP contribution >= 0.6 is 0 Å². The lowest BCUT2D eigenvalue weighted by atomic mass is 9.77. The monoisotopic (exact) mass is 355 g/mol. The molecule has 6 heteroatoms. The molecule has 1 N–H and O–H groups in total. The Hall–Kier alpha value is -2.18. The molecule has 0 radical (unpaired) electrons. The van der Waals surface area contributed by atoms with Gasteiger partial charge in [0.1, 0.15) is 6.29 Å². The standard InChI is InChI=1S/C20H26BNO4/c1-15(24)22-14-18(21-25-19(2,3)20(4,5)26-21)13-17-10-8-16(9-11-17)7-6-12-23/h6-13H,14H2,1-5H3,(H,22,24)/b7-6+,18-13?. The Morgan fingerprint density at radius 3 is 2.12 bits per heavy atom. The fraction of sp³-hybridized carbons (Fsp3) is 0.400. The van der Waals surface area contributed by atoms with Crippen molar-refractivity contribution in [2.45, 2.75) is 45.8 Å². The first-order valence-corrected chi connectivity index (χ1v) is 8.67. The molecule has 0 unspecified atom stereocenters. The van der Waals surface area contributed by atoms with Crippen LogP contribution in [0, 0.1) is 0 Å². The van der Waals surface area contributed by atoms with E-state index in [1.807, 2.05) is 58.0 Å². The predicted molar refractivity (Wildman–Crippen MR) is 104 cm³/mol. The van der Waals surface area contributed by atoms with E-state index in [1.165, 1.54) is 13.0 Å². The van der Waals surface area contributed by atoms with Crippen LogP contribution in [0.3, 0.4) is 0 Å². The first-order chi connectivity index (χ1) is 12.1. The molecule has 1 saturated heterocycles. The normalized spacial score (nSPS) is 19.0. The Balaban J connectivity index is 2.27. The summed E-state index contributed by atoms with van der Waals surface area (Å²) in [6, 6.07) is 7.74. The van der Waals surface area contributed by atoms with Crippen molar-refractivity contribution in [3.05, 3.63) is 46.9 Å². The molecular weight excluding hydrogens is 329 g/mol. The highest BCUT2D eigenvalue weighted by molar-refractivity contribution is 6.56. The molecule has 0 saturated carbocycles. The van der Waals surface area contributed by atoms with Crippen LogP contribution in [0.5, 0.6) is 0 Å². The number of hydrogen-bond acceptors (Lipinski definition) is 4. The quantitative estimate of drug-likeness (QED) is 0.484. The summed E-state index contributed by atoms with van der Waals surface area (Å²) in [7, 11) is -0.526. The summed E-state index contributed by atoms with van der Waals surface area (Å²) in [5.74, 6) is -0.109. The van der Waals surface area contributed by atoms with E-state index in [9.17, 15) is 9.59 Å². The molecule has 0 spiro atoms. The molecule has 1 aromatic rings. The second kappa shape index (κ2) is 8.02. The summed E-state index contributed by atoms with van der Waals surface area (Å²) in [4.78, 5) is 21.8. The second-order valence-corrected chi connectivity index (χ2v) is 7.38. The average molecular weight is 355 g/mol.